The third-order valence-corrected chi connectivity index (χ3v) is 3.56. The van der Waals surface area contributed by atoms with Gasteiger partial charge in [0.2, 0.25) is 0 Å². The van der Waals surface area contributed by atoms with E-state index < -0.39 is 0 Å². The van der Waals surface area contributed by atoms with Crippen molar-refractivity contribution in [3.8, 4) is 0 Å². The fourth-order valence-corrected chi connectivity index (χ4v) is 2.16. The number of carbonyl (C=O) groups excluding carboxylic acids is 2. The number of halogens is 1. The van der Waals surface area contributed by atoms with E-state index in [0.29, 0.717) is 13.2 Å². The van der Waals surface area contributed by atoms with Gasteiger partial charge in [-0.3, -0.25) is 9.59 Å². The van der Waals surface area contributed by atoms with E-state index in [-0.39, 0.29) is 11.9 Å². The number of isothiocyanates is 1. The summed E-state index contributed by atoms with van der Waals surface area (Å²) in [6.07, 6.45) is 8.70. The van der Waals surface area contributed by atoms with Crippen LogP contribution in [0.2, 0.25) is 0 Å². The number of unbranched alkanes of at least 4 members (excludes halogenated alkanes) is 6. The van der Waals surface area contributed by atoms with Crippen molar-refractivity contribution >= 4 is 45.2 Å². The van der Waals surface area contributed by atoms with Crippen LogP contribution in [-0.4, -0.2) is 42.2 Å². The van der Waals surface area contributed by atoms with Crippen molar-refractivity contribution in [1.29, 1.82) is 0 Å². The maximum absolute atomic E-state index is 10.4. The van der Waals surface area contributed by atoms with Crippen LogP contribution in [-0.2, 0) is 19.1 Å². The highest BCUT2D eigenvalue weighted by Crippen LogP contribution is 2.02. The van der Waals surface area contributed by atoms with Gasteiger partial charge in [0.1, 0.15) is 0 Å². The van der Waals surface area contributed by atoms with Crippen LogP contribution in [0.5, 0.6) is 0 Å². The number of thiocarbonyl (C=S) groups is 1. The Kier molecular flexibility index (Phi) is 23.6. The van der Waals surface area contributed by atoms with Gasteiger partial charge in [-0.05, 0) is 44.3 Å². The number of alkyl halides is 1. The standard InChI is InChI=1S/C9H15NO2S.C8H15BrO2/c1-9(11)12-7-5-3-2-4-6-10-8-13;1-8(10)11-7-5-3-2-4-6-9/h2-7H2,1H3;2-7H2,1H3. The molecule has 0 saturated carbocycles. The van der Waals surface area contributed by atoms with E-state index in [4.69, 9.17) is 9.47 Å². The summed E-state index contributed by atoms with van der Waals surface area (Å²) in [6.45, 7) is 4.74. The van der Waals surface area contributed by atoms with Crippen LogP contribution in [0.25, 0.3) is 0 Å². The number of hydrogen-bond donors (Lipinski definition) is 0. The highest BCUT2D eigenvalue weighted by molar-refractivity contribution is 9.09. The van der Waals surface area contributed by atoms with E-state index in [9.17, 15) is 9.59 Å². The topological polar surface area (TPSA) is 65.0 Å². The molecule has 0 saturated heterocycles. The summed E-state index contributed by atoms with van der Waals surface area (Å²) in [7, 11) is 0. The van der Waals surface area contributed by atoms with Crippen molar-refractivity contribution in [3.05, 3.63) is 0 Å². The van der Waals surface area contributed by atoms with Crippen LogP contribution in [0.1, 0.15) is 65.2 Å². The lowest BCUT2D eigenvalue weighted by Crippen LogP contribution is -2.00. The summed E-state index contributed by atoms with van der Waals surface area (Å²) in [5.74, 6) is -0.379. The zero-order valence-corrected chi connectivity index (χ0v) is 17.3. The minimum Gasteiger partial charge on any atom is -0.466 e. The molecule has 0 spiro atoms. The van der Waals surface area contributed by atoms with Gasteiger partial charge < -0.3 is 9.47 Å². The van der Waals surface area contributed by atoms with Crippen LogP contribution in [0.3, 0.4) is 0 Å². The van der Waals surface area contributed by atoms with Gasteiger partial charge in [0, 0.05) is 25.7 Å². The second-order valence-electron chi connectivity index (χ2n) is 5.17. The summed E-state index contributed by atoms with van der Waals surface area (Å²) in [4.78, 5) is 24.5. The van der Waals surface area contributed by atoms with Crippen molar-refractivity contribution < 1.29 is 19.1 Å². The predicted molar refractivity (Wildman–Crippen MR) is 104 cm³/mol. The molecule has 0 aromatic heterocycles. The molecule has 0 aliphatic heterocycles. The molecule has 140 valence electrons. The van der Waals surface area contributed by atoms with Crippen molar-refractivity contribution in [2.45, 2.75) is 65.2 Å². The third kappa shape index (κ3) is 29.3. The molecule has 0 aliphatic carbocycles. The van der Waals surface area contributed by atoms with E-state index in [1.54, 1.807) is 0 Å². The summed E-state index contributed by atoms with van der Waals surface area (Å²) in [6, 6.07) is 0. The van der Waals surface area contributed by atoms with E-state index >= 15 is 0 Å². The summed E-state index contributed by atoms with van der Waals surface area (Å²) in [5.41, 5.74) is 0. The van der Waals surface area contributed by atoms with E-state index in [1.165, 1.54) is 26.7 Å². The SMILES string of the molecule is CC(=O)OCCCCCCBr.CC(=O)OCCCCCCN=C=S. The van der Waals surface area contributed by atoms with E-state index in [1.807, 2.05) is 0 Å². The number of nitrogens with zero attached hydrogens (tertiary/aromatic N) is 1. The van der Waals surface area contributed by atoms with Crippen LogP contribution in [0.4, 0.5) is 0 Å². The Balaban J connectivity index is 0. The first-order chi connectivity index (χ1) is 11.5. The van der Waals surface area contributed by atoms with E-state index in [2.05, 4.69) is 38.3 Å². The third-order valence-electron chi connectivity index (χ3n) is 2.87. The Hall–Kier alpha value is -0.780. The molecule has 24 heavy (non-hydrogen) atoms. The number of carbonyl (C=O) groups is 2. The number of rotatable bonds is 13. The molecule has 0 amide bonds. The quantitative estimate of drug-likeness (QED) is 0.141. The van der Waals surface area contributed by atoms with E-state index in [0.717, 1.165) is 50.4 Å². The van der Waals surface area contributed by atoms with Crippen molar-refractivity contribution in [3.63, 3.8) is 0 Å². The highest BCUT2D eigenvalue weighted by Gasteiger charge is 1.93. The fourth-order valence-electron chi connectivity index (χ4n) is 1.67. The molecule has 0 heterocycles. The molecule has 0 aromatic rings. The minimum absolute atomic E-state index is 0.175. The summed E-state index contributed by atoms with van der Waals surface area (Å²) in [5, 5.41) is 3.39. The molecule has 0 aromatic carbocycles. The average molecular weight is 424 g/mol. The zero-order chi connectivity index (χ0) is 18.5. The largest absolute Gasteiger partial charge is 0.466 e. The average Bonchev–Trinajstić information content (AvgIpc) is 2.53. The van der Waals surface area contributed by atoms with Gasteiger partial charge in [0.05, 0.1) is 18.4 Å². The van der Waals surface area contributed by atoms with Crippen molar-refractivity contribution in [2.75, 3.05) is 25.1 Å². The molecule has 0 rings (SSSR count). The molecule has 0 aliphatic rings. The maximum Gasteiger partial charge on any atom is 0.302 e. The Labute approximate surface area is 159 Å². The molecule has 0 radical (unpaired) electrons. The van der Waals surface area contributed by atoms with Gasteiger partial charge in [-0.25, -0.2) is 4.99 Å². The van der Waals surface area contributed by atoms with Gasteiger partial charge in [0.15, 0.2) is 0 Å². The van der Waals surface area contributed by atoms with Gasteiger partial charge in [-0.1, -0.05) is 35.2 Å². The molecular weight excluding hydrogens is 394 g/mol. The molecule has 7 heteroatoms. The van der Waals surface area contributed by atoms with Gasteiger partial charge in [-0.15, -0.1) is 0 Å². The lowest BCUT2D eigenvalue weighted by molar-refractivity contribution is -0.142. The van der Waals surface area contributed by atoms with Crippen LogP contribution >= 0.6 is 28.1 Å². The lowest BCUT2D eigenvalue weighted by atomic mass is 10.2. The Morgan fingerprint density at radius 1 is 0.875 bits per heavy atom. The molecule has 0 atom stereocenters. The second kappa shape index (κ2) is 22.2. The molecule has 5 nitrogen and oxygen atoms in total. The van der Waals surface area contributed by atoms with Crippen molar-refractivity contribution in [2.24, 2.45) is 4.99 Å². The molecule has 0 bridgehead atoms. The molecule has 0 unspecified atom stereocenters. The molecular formula is C17H30BrNO4S. The van der Waals surface area contributed by atoms with Crippen LogP contribution in [0, 0.1) is 0 Å². The predicted octanol–water partition coefficient (Wildman–Crippen LogP) is 4.72. The number of aliphatic imine (C=N–C) groups is 1. The maximum atomic E-state index is 10.4. The Bertz CT molecular complexity index is 354. The normalized spacial score (nSPS) is 9.29. The fraction of sp³-hybridized carbons (Fsp3) is 0.824. The Morgan fingerprint density at radius 2 is 1.33 bits per heavy atom. The summed E-state index contributed by atoms with van der Waals surface area (Å²) < 4.78 is 9.55. The first-order valence-electron chi connectivity index (χ1n) is 8.41. The zero-order valence-electron chi connectivity index (χ0n) is 14.9. The Morgan fingerprint density at radius 3 is 1.75 bits per heavy atom. The van der Waals surface area contributed by atoms with Crippen LogP contribution < -0.4 is 0 Å². The van der Waals surface area contributed by atoms with Gasteiger partial charge in [-0.2, -0.15) is 0 Å². The number of esters is 2. The van der Waals surface area contributed by atoms with Gasteiger partial charge in [0.25, 0.3) is 0 Å². The minimum atomic E-state index is -0.203. The first kappa shape index (κ1) is 25.5. The molecule has 0 N–H and O–H groups in total. The molecule has 0 fully saturated rings. The van der Waals surface area contributed by atoms with Gasteiger partial charge >= 0.3 is 11.9 Å². The lowest BCUT2D eigenvalue weighted by Gasteiger charge is -2.00. The number of ether oxygens (including phenoxy) is 2. The van der Waals surface area contributed by atoms with Crippen LogP contribution in [0.15, 0.2) is 4.99 Å². The smallest absolute Gasteiger partial charge is 0.302 e. The number of hydrogen-bond acceptors (Lipinski definition) is 6. The second-order valence-corrected chi connectivity index (χ2v) is 6.15. The first-order valence-corrected chi connectivity index (χ1v) is 9.93. The monoisotopic (exact) mass is 423 g/mol. The van der Waals surface area contributed by atoms with Crippen molar-refractivity contribution in [1.82, 2.24) is 0 Å². The summed E-state index contributed by atoms with van der Waals surface area (Å²) >= 11 is 7.78. The highest BCUT2D eigenvalue weighted by atomic mass is 79.9.